The molecule has 2 heterocycles. The van der Waals surface area contributed by atoms with E-state index in [2.05, 4.69) is 28.6 Å². The molecule has 0 aliphatic carbocycles. The van der Waals surface area contributed by atoms with E-state index in [1.807, 2.05) is 37.3 Å². The number of nitrogens with zero attached hydrogens (tertiary/aromatic N) is 3. The van der Waals surface area contributed by atoms with E-state index in [1.54, 1.807) is 0 Å². The van der Waals surface area contributed by atoms with Crippen LogP contribution in [0.1, 0.15) is 30.8 Å². The molecule has 3 rings (SSSR count). The fraction of sp³-hybridized carbons (Fsp3) is 0.429. The van der Waals surface area contributed by atoms with Crippen molar-refractivity contribution in [3.8, 4) is 11.3 Å². The lowest BCUT2D eigenvalue weighted by atomic mass is 9.78. The summed E-state index contributed by atoms with van der Waals surface area (Å²) < 4.78 is 0. The summed E-state index contributed by atoms with van der Waals surface area (Å²) in [6.07, 6.45) is 4.92. The third-order valence-electron chi connectivity index (χ3n) is 4.99. The highest BCUT2D eigenvalue weighted by Gasteiger charge is 2.34. The lowest BCUT2D eigenvalue weighted by Crippen LogP contribution is -2.45. The number of rotatable bonds is 6. The van der Waals surface area contributed by atoms with Gasteiger partial charge in [-0.15, -0.1) is 6.58 Å². The van der Waals surface area contributed by atoms with Crippen LogP contribution < -0.4 is 0 Å². The van der Waals surface area contributed by atoms with Gasteiger partial charge in [-0.05, 0) is 38.8 Å². The first-order valence-electron chi connectivity index (χ1n) is 8.98. The van der Waals surface area contributed by atoms with Crippen molar-refractivity contribution in [2.75, 3.05) is 19.7 Å². The lowest BCUT2D eigenvalue weighted by Gasteiger charge is -2.41. The van der Waals surface area contributed by atoms with Crippen LogP contribution in [0.5, 0.6) is 0 Å². The molecule has 1 aromatic carbocycles. The Morgan fingerprint density at radius 2 is 2.08 bits per heavy atom. The van der Waals surface area contributed by atoms with Crippen molar-refractivity contribution in [1.29, 1.82) is 0 Å². The SMILES string of the molecule is C=CC[C@@]1(CO)CCCN(Cc2nc(C)cc(-c3ccccc3)n2)C1. The summed E-state index contributed by atoms with van der Waals surface area (Å²) in [5, 5.41) is 9.89. The molecule has 2 aromatic rings. The zero-order valence-corrected chi connectivity index (χ0v) is 15.0. The van der Waals surface area contributed by atoms with Gasteiger partial charge >= 0.3 is 0 Å². The van der Waals surface area contributed by atoms with Gasteiger partial charge in [0.15, 0.2) is 0 Å². The average molecular weight is 337 g/mol. The Bertz CT molecular complexity index is 716. The molecular weight excluding hydrogens is 310 g/mol. The van der Waals surface area contributed by atoms with Crippen LogP contribution in [-0.4, -0.2) is 39.7 Å². The molecule has 4 nitrogen and oxygen atoms in total. The molecule has 0 radical (unpaired) electrons. The Balaban J connectivity index is 1.78. The van der Waals surface area contributed by atoms with Gasteiger partial charge in [-0.1, -0.05) is 36.4 Å². The molecule has 0 saturated carbocycles. The van der Waals surface area contributed by atoms with Gasteiger partial charge in [0.25, 0.3) is 0 Å². The van der Waals surface area contributed by atoms with Crippen LogP contribution in [0.2, 0.25) is 0 Å². The smallest absolute Gasteiger partial charge is 0.143 e. The molecule has 0 bridgehead atoms. The van der Waals surface area contributed by atoms with E-state index < -0.39 is 0 Å². The maximum absolute atomic E-state index is 9.89. The summed E-state index contributed by atoms with van der Waals surface area (Å²) in [4.78, 5) is 11.8. The lowest BCUT2D eigenvalue weighted by molar-refractivity contribution is 0.0298. The van der Waals surface area contributed by atoms with E-state index in [4.69, 9.17) is 4.98 Å². The number of aliphatic hydroxyl groups is 1. The fourth-order valence-corrected chi connectivity index (χ4v) is 3.77. The first-order chi connectivity index (χ1) is 12.1. The Morgan fingerprint density at radius 1 is 1.28 bits per heavy atom. The Morgan fingerprint density at radius 3 is 2.80 bits per heavy atom. The highest BCUT2D eigenvalue weighted by Crippen LogP contribution is 2.33. The van der Waals surface area contributed by atoms with Gasteiger partial charge in [-0.3, -0.25) is 4.90 Å². The molecule has 1 atom stereocenters. The predicted molar refractivity (Wildman–Crippen MR) is 101 cm³/mol. The molecular formula is C21H27N3O. The van der Waals surface area contributed by atoms with Crippen molar-refractivity contribution < 1.29 is 5.11 Å². The average Bonchev–Trinajstić information content (AvgIpc) is 2.62. The number of hydrogen-bond donors (Lipinski definition) is 1. The van der Waals surface area contributed by atoms with Crippen LogP contribution in [0.4, 0.5) is 0 Å². The van der Waals surface area contributed by atoms with Crippen LogP contribution in [0.15, 0.2) is 49.1 Å². The molecule has 132 valence electrons. The van der Waals surface area contributed by atoms with Gasteiger partial charge in [-0.2, -0.15) is 0 Å². The van der Waals surface area contributed by atoms with Gasteiger partial charge in [0, 0.05) is 23.2 Å². The molecule has 0 spiro atoms. The second-order valence-electron chi connectivity index (χ2n) is 7.14. The second kappa shape index (κ2) is 7.89. The van der Waals surface area contributed by atoms with Gasteiger partial charge in [0.05, 0.1) is 18.8 Å². The van der Waals surface area contributed by atoms with Crippen molar-refractivity contribution in [1.82, 2.24) is 14.9 Å². The normalized spacial score (nSPS) is 21.2. The summed E-state index contributed by atoms with van der Waals surface area (Å²) in [5.41, 5.74) is 3.01. The van der Waals surface area contributed by atoms with E-state index in [9.17, 15) is 5.11 Å². The summed E-state index contributed by atoms with van der Waals surface area (Å²) in [5.74, 6) is 0.853. The van der Waals surface area contributed by atoms with Crippen molar-refractivity contribution in [2.45, 2.75) is 32.7 Å². The molecule has 25 heavy (non-hydrogen) atoms. The third-order valence-corrected chi connectivity index (χ3v) is 4.99. The third kappa shape index (κ3) is 4.33. The number of benzene rings is 1. The summed E-state index contributed by atoms with van der Waals surface area (Å²) in [6, 6.07) is 12.3. The molecule has 1 N–H and O–H groups in total. The fourth-order valence-electron chi connectivity index (χ4n) is 3.77. The zero-order chi connectivity index (χ0) is 17.7. The van der Waals surface area contributed by atoms with Gasteiger partial charge < -0.3 is 5.11 Å². The molecule has 1 aliphatic rings. The first-order valence-corrected chi connectivity index (χ1v) is 8.98. The standard InChI is InChI=1S/C21H27N3O/c1-3-10-21(16-25)11-7-12-24(15-21)14-20-22-17(2)13-19(23-20)18-8-5-4-6-9-18/h3-6,8-9,13,25H,1,7,10-12,14-16H2,2H3/t21-/m1/s1. The van der Waals surface area contributed by atoms with Gasteiger partial charge in [0.1, 0.15) is 5.82 Å². The predicted octanol–water partition coefficient (Wildman–Crippen LogP) is 3.60. The molecule has 1 saturated heterocycles. The molecule has 4 heteroatoms. The van der Waals surface area contributed by atoms with Crippen LogP contribution in [0, 0.1) is 12.3 Å². The zero-order valence-electron chi connectivity index (χ0n) is 15.0. The van der Waals surface area contributed by atoms with Gasteiger partial charge in [-0.25, -0.2) is 9.97 Å². The number of likely N-dealkylation sites (tertiary alicyclic amines) is 1. The minimum Gasteiger partial charge on any atom is -0.396 e. The number of hydrogen-bond acceptors (Lipinski definition) is 4. The Labute approximate surface area is 150 Å². The maximum atomic E-state index is 9.89. The number of allylic oxidation sites excluding steroid dienone is 1. The largest absolute Gasteiger partial charge is 0.396 e. The maximum Gasteiger partial charge on any atom is 0.143 e. The summed E-state index contributed by atoms with van der Waals surface area (Å²) in [7, 11) is 0. The Hall–Kier alpha value is -2.04. The highest BCUT2D eigenvalue weighted by atomic mass is 16.3. The van der Waals surface area contributed by atoms with E-state index in [0.717, 1.165) is 61.7 Å². The van der Waals surface area contributed by atoms with Crippen molar-refractivity contribution in [2.24, 2.45) is 5.41 Å². The van der Waals surface area contributed by atoms with E-state index in [1.165, 1.54) is 0 Å². The van der Waals surface area contributed by atoms with Crippen molar-refractivity contribution in [3.05, 3.63) is 60.6 Å². The van der Waals surface area contributed by atoms with Crippen LogP contribution >= 0.6 is 0 Å². The number of piperidine rings is 1. The summed E-state index contributed by atoms with van der Waals surface area (Å²) in [6.45, 7) is 8.70. The van der Waals surface area contributed by atoms with Gasteiger partial charge in [0.2, 0.25) is 0 Å². The van der Waals surface area contributed by atoms with Crippen molar-refractivity contribution in [3.63, 3.8) is 0 Å². The molecule has 1 fully saturated rings. The molecule has 1 aliphatic heterocycles. The summed E-state index contributed by atoms with van der Waals surface area (Å²) >= 11 is 0. The molecule has 1 aromatic heterocycles. The number of aromatic nitrogens is 2. The minimum absolute atomic E-state index is 0.0634. The second-order valence-corrected chi connectivity index (χ2v) is 7.14. The van der Waals surface area contributed by atoms with Crippen molar-refractivity contribution >= 4 is 0 Å². The monoisotopic (exact) mass is 337 g/mol. The number of aliphatic hydroxyl groups excluding tert-OH is 1. The Kier molecular flexibility index (Phi) is 5.61. The van der Waals surface area contributed by atoms with Crippen LogP contribution in [-0.2, 0) is 6.54 Å². The quantitative estimate of drug-likeness (QED) is 0.818. The van der Waals surface area contributed by atoms with E-state index in [-0.39, 0.29) is 12.0 Å². The van der Waals surface area contributed by atoms with Crippen LogP contribution in [0.25, 0.3) is 11.3 Å². The number of aryl methyl sites for hydroxylation is 1. The highest BCUT2D eigenvalue weighted by molar-refractivity contribution is 5.58. The first kappa shape index (κ1) is 17.8. The molecule has 0 amide bonds. The molecule has 0 unspecified atom stereocenters. The van der Waals surface area contributed by atoms with Crippen LogP contribution in [0.3, 0.4) is 0 Å². The van der Waals surface area contributed by atoms with E-state index in [0.29, 0.717) is 0 Å². The van der Waals surface area contributed by atoms with E-state index >= 15 is 0 Å². The minimum atomic E-state index is -0.0634. The topological polar surface area (TPSA) is 49.2 Å².